The number of nitrogens with zero attached hydrogens (tertiary/aromatic N) is 1. The van der Waals surface area contributed by atoms with Gasteiger partial charge in [-0.2, -0.15) is 0 Å². The number of aliphatic carboxylic acids is 1. The first kappa shape index (κ1) is 16.4. The monoisotopic (exact) mass is 285 g/mol. The van der Waals surface area contributed by atoms with Gasteiger partial charge in [0, 0.05) is 19.6 Å². The van der Waals surface area contributed by atoms with Gasteiger partial charge in [-0.15, -0.1) is 0 Å². The Morgan fingerprint density at radius 3 is 2.55 bits per heavy atom. The molecule has 20 heavy (non-hydrogen) atoms. The third kappa shape index (κ3) is 5.16. The molecule has 0 saturated carbocycles. The summed E-state index contributed by atoms with van der Waals surface area (Å²) in [4.78, 5) is 35.5. The molecule has 1 unspecified atom stereocenters. The lowest BCUT2D eigenvalue weighted by Gasteiger charge is -2.40. The third-order valence-corrected chi connectivity index (χ3v) is 3.52. The molecule has 114 valence electrons. The number of nitrogens with one attached hydrogen (secondary N) is 2. The molecule has 0 aromatic rings. The van der Waals surface area contributed by atoms with Crippen molar-refractivity contribution >= 4 is 17.9 Å². The maximum atomic E-state index is 11.6. The fourth-order valence-electron chi connectivity index (χ4n) is 2.05. The number of carbonyl (C=O) groups is 3. The van der Waals surface area contributed by atoms with E-state index < -0.39 is 17.9 Å². The Kier molecular flexibility index (Phi) is 6.44. The van der Waals surface area contributed by atoms with Crippen LogP contribution in [0.25, 0.3) is 0 Å². The molecular formula is C13H23N3O4. The first-order valence-corrected chi connectivity index (χ1v) is 6.96. The highest BCUT2D eigenvalue weighted by Gasteiger charge is 2.35. The molecule has 0 spiro atoms. The van der Waals surface area contributed by atoms with Crippen molar-refractivity contribution in [1.29, 1.82) is 0 Å². The molecule has 0 bridgehead atoms. The van der Waals surface area contributed by atoms with Gasteiger partial charge in [-0.05, 0) is 12.3 Å². The van der Waals surface area contributed by atoms with E-state index in [1.807, 2.05) is 11.8 Å². The van der Waals surface area contributed by atoms with E-state index in [0.717, 1.165) is 12.8 Å². The molecule has 3 amide bonds. The van der Waals surface area contributed by atoms with Gasteiger partial charge in [0.1, 0.15) is 0 Å². The molecule has 7 heteroatoms. The van der Waals surface area contributed by atoms with Crippen LogP contribution >= 0.6 is 0 Å². The van der Waals surface area contributed by atoms with Gasteiger partial charge in [0.15, 0.2) is 0 Å². The zero-order valence-electron chi connectivity index (χ0n) is 12.0. The van der Waals surface area contributed by atoms with Crippen molar-refractivity contribution < 1.29 is 19.5 Å². The van der Waals surface area contributed by atoms with Crippen molar-refractivity contribution in [3.05, 3.63) is 0 Å². The van der Waals surface area contributed by atoms with Crippen molar-refractivity contribution in [3.8, 4) is 0 Å². The van der Waals surface area contributed by atoms with Crippen LogP contribution in [0.1, 0.15) is 26.7 Å². The maximum Gasteiger partial charge on any atom is 0.321 e. The lowest BCUT2D eigenvalue weighted by Crippen LogP contribution is -2.55. The minimum absolute atomic E-state index is 0.0821. The van der Waals surface area contributed by atoms with Crippen LogP contribution in [0.5, 0.6) is 0 Å². The normalized spacial score (nSPS) is 17.1. The van der Waals surface area contributed by atoms with Crippen molar-refractivity contribution in [3.63, 3.8) is 0 Å². The summed E-state index contributed by atoms with van der Waals surface area (Å²) in [7, 11) is 0. The highest BCUT2D eigenvalue weighted by atomic mass is 16.4. The van der Waals surface area contributed by atoms with E-state index in [1.54, 1.807) is 6.92 Å². The quantitative estimate of drug-likeness (QED) is 0.583. The lowest BCUT2D eigenvalue weighted by atomic mass is 9.87. The van der Waals surface area contributed by atoms with Crippen molar-refractivity contribution in [2.24, 2.45) is 11.8 Å². The number of rotatable bonds is 7. The molecule has 1 aliphatic heterocycles. The number of carbonyl (C=O) groups excluding carboxylic acids is 2. The topological polar surface area (TPSA) is 98.7 Å². The fraction of sp³-hybridized carbons (Fsp3) is 0.769. The summed E-state index contributed by atoms with van der Waals surface area (Å²) in [6.07, 6.45) is 1.85. The van der Waals surface area contributed by atoms with Gasteiger partial charge in [0.05, 0.1) is 12.5 Å². The van der Waals surface area contributed by atoms with Gasteiger partial charge >= 0.3 is 12.0 Å². The van der Waals surface area contributed by atoms with Gasteiger partial charge in [0.2, 0.25) is 5.91 Å². The summed E-state index contributed by atoms with van der Waals surface area (Å²) >= 11 is 0. The SMILES string of the molecule is CCCCNC(=O)NC(=O)CN1CC(C(C)C(=O)O)C1. The number of urea groups is 1. The Bertz CT molecular complexity index is 367. The summed E-state index contributed by atoms with van der Waals surface area (Å²) in [6, 6.07) is -0.473. The number of unbranched alkanes of at least 4 members (excludes halogenated alkanes) is 1. The van der Waals surface area contributed by atoms with E-state index in [1.165, 1.54) is 0 Å². The highest BCUT2D eigenvalue weighted by molar-refractivity contribution is 5.95. The molecule has 0 aliphatic carbocycles. The number of hydrogen-bond donors (Lipinski definition) is 3. The summed E-state index contributed by atoms with van der Waals surface area (Å²) in [5.41, 5.74) is 0. The first-order valence-electron chi connectivity index (χ1n) is 6.96. The Balaban J connectivity index is 2.16. The van der Waals surface area contributed by atoms with Crippen LogP contribution in [0.2, 0.25) is 0 Å². The molecule has 1 saturated heterocycles. The molecule has 7 nitrogen and oxygen atoms in total. The number of imide groups is 1. The van der Waals surface area contributed by atoms with Crippen LogP contribution < -0.4 is 10.6 Å². The lowest BCUT2D eigenvalue weighted by molar-refractivity contribution is -0.145. The zero-order valence-corrected chi connectivity index (χ0v) is 12.0. The molecule has 0 aromatic carbocycles. The molecule has 1 rings (SSSR count). The fourth-order valence-corrected chi connectivity index (χ4v) is 2.05. The van der Waals surface area contributed by atoms with E-state index in [-0.39, 0.29) is 18.4 Å². The number of hydrogen-bond acceptors (Lipinski definition) is 4. The second kappa shape index (κ2) is 7.84. The molecule has 1 heterocycles. The van der Waals surface area contributed by atoms with Crippen molar-refractivity contribution in [2.45, 2.75) is 26.7 Å². The molecule has 0 aromatic heterocycles. The van der Waals surface area contributed by atoms with Crippen LogP contribution in [0.3, 0.4) is 0 Å². The first-order chi connectivity index (χ1) is 9.43. The van der Waals surface area contributed by atoms with Gasteiger partial charge < -0.3 is 10.4 Å². The van der Waals surface area contributed by atoms with E-state index in [2.05, 4.69) is 10.6 Å². The average molecular weight is 285 g/mol. The summed E-state index contributed by atoms with van der Waals surface area (Å²) in [5.74, 6) is -1.49. The van der Waals surface area contributed by atoms with Gasteiger partial charge in [0.25, 0.3) is 0 Å². The zero-order chi connectivity index (χ0) is 15.1. The predicted octanol–water partition coefficient (Wildman–Crippen LogP) is 0.265. The van der Waals surface area contributed by atoms with Crippen LogP contribution in [0.4, 0.5) is 4.79 Å². The standard InChI is InChI=1S/C13H23N3O4/c1-3-4-5-14-13(20)15-11(17)8-16-6-10(7-16)9(2)12(18)19/h9-10H,3-8H2,1-2H3,(H,18,19)(H2,14,15,17,20). The second-order valence-corrected chi connectivity index (χ2v) is 5.24. The summed E-state index contributed by atoms with van der Waals surface area (Å²) in [6.45, 7) is 5.53. The highest BCUT2D eigenvalue weighted by Crippen LogP contribution is 2.23. The summed E-state index contributed by atoms with van der Waals surface area (Å²) < 4.78 is 0. The Morgan fingerprint density at radius 1 is 1.35 bits per heavy atom. The van der Waals surface area contributed by atoms with E-state index >= 15 is 0 Å². The van der Waals surface area contributed by atoms with Crippen LogP contribution in [-0.2, 0) is 9.59 Å². The number of amides is 3. The molecule has 1 aliphatic rings. The Hall–Kier alpha value is -1.63. The maximum absolute atomic E-state index is 11.6. The number of likely N-dealkylation sites (tertiary alicyclic amines) is 1. The molecule has 0 radical (unpaired) electrons. The minimum atomic E-state index is -0.811. The van der Waals surface area contributed by atoms with Crippen molar-refractivity contribution in [2.75, 3.05) is 26.2 Å². The minimum Gasteiger partial charge on any atom is -0.481 e. The third-order valence-electron chi connectivity index (χ3n) is 3.52. The molecular weight excluding hydrogens is 262 g/mol. The van der Waals surface area contributed by atoms with Crippen LogP contribution in [0.15, 0.2) is 0 Å². The van der Waals surface area contributed by atoms with Gasteiger partial charge in [-0.3, -0.25) is 19.8 Å². The molecule has 1 atom stereocenters. The van der Waals surface area contributed by atoms with Crippen LogP contribution in [0, 0.1) is 11.8 Å². The van der Waals surface area contributed by atoms with Crippen LogP contribution in [-0.4, -0.2) is 54.1 Å². The van der Waals surface area contributed by atoms with E-state index in [9.17, 15) is 14.4 Å². The summed E-state index contributed by atoms with van der Waals surface area (Å²) in [5, 5.41) is 13.7. The van der Waals surface area contributed by atoms with Gasteiger partial charge in [-0.1, -0.05) is 20.3 Å². The molecule has 1 fully saturated rings. The average Bonchev–Trinajstić information content (AvgIpc) is 2.32. The Labute approximate surface area is 118 Å². The smallest absolute Gasteiger partial charge is 0.321 e. The van der Waals surface area contributed by atoms with Gasteiger partial charge in [-0.25, -0.2) is 4.79 Å². The Morgan fingerprint density at radius 2 is 2.00 bits per heavy atom. The largest absolute Gasteiger partial charge is 0.481 e. The number of carboxylic acid groups (broad SMARTS) is 1. The second-order valence-electron chi connectivity index (χ2n) is 5.24. The number of carboxylic acids is 1. The predicted molar refractivity (Wildman–Crippen MR) is 73.2 cm³/mol. The van der Waals surface area contributed by atoms with E-state index in [4.69, 9.17) is 5.11 Å². The molecule has 3 N–H and O–H groups in total. The van der Waals surface area contributed by atoms with Crippen molar-refractivity contribution in [1.82, 2.24) is 15.5 Å². The van der Waals surface area contributed by atoms with E-state index in [0.29, 0.717) is 19.6 Å².